The van der Waals surface area contributed by atoms with Crippen molar-refractivity contribution in [1.82, 2.24) is 15.6 Å². The van der Waals surface area contributed by atoms with Gasteiger partial charge in [-0.2, -0.15) is 11.3 Å². The Hall–Kier alpha value is -2.08. The number of nitrogens with zero attached hydrogens (tertiary/aromatic N) is 2. The molecule has 25 heavy (non-hydrogen) atoms. The van der Waals surface area contributed by atoms with Crippen LogP contribution in [0.5, 0.6) is 0 Å². The molecular weight excluding hydrogens is 332 g/mol. The number of thiophene rings is 1. The van der Waals surface area contributed by atoms with Crippen LogP contribution in [0.1, 0.15) is 37.3 Å². The lowest BCUT2D eigenvalue weighted by atomic mass is 10.1. The molecule has 0 radical (unpaired) electrons. The predicted octanol–water partition coefficient (Wildman–Crippen LogP) is 3.56. The van der Waals surface area contributed by atoms with Crippen LogP contribution in [0.2, 0.25) is 0 Å². The first-order valence-corrected chi connectivity index (χ1v) is 9.90. The maximum Gasteiger partial charge on any atom is 0.315 e. The summed E-state index contributed by atoms with van der Waals surface area (Å²) in [6.07, 6.45) is 6.52. The molecule has 0 bridgehead atoms. The van der Waals surface area contributed by atoms with Gasteiger partial charge in [0.25, 0.3) is 0 Å². The Kier molecular flexibility index (Phi) is 6.28. The highest BCUT2D eigenvalue weighted by atomic mass is 32.1. The highest BCUT2D eigenvalue weighted by Gasteiger charge is 2.12. The van der Waals surface area contributed by atoms with Crippen LogP contribution in [0.15, 0.2) is 35.2 Å². The fraction of sp³-hybridized carbons (Fsp3) is 0.474. The first kappa shape index (κ1) is 17.7. The maximum atomic E-state index is 12.0. The molecule has 0 spiro atoms. The van der Waals surface area contributed by atoms with Crippen LogP contribution < -0.4 is 15.5 Å². The fourth-order valence-corrected chi connectivity index (χ4v) is 3.78. The van der Waals surface area contributed by atoms with Crippen molar-refractivity contribution in [3.05, 3.63) is 46.3 Å². The number of carbonyl (C=O) groups excluding carboxylic acids is 1. The number of aromatic nitrogens is 1. The van der Waals surface area contributed by atoms with Crippen LogP contribution in [0, 0.1) is 0 Å². The minimum atomic E-state index is -0.136. The molecule has 2 aromatic heterocycles. The van der Waals surface area contributed by atoms with Crippen molar-refractivity contribution in [2.24, 2.45) is 0 Å². The first-order valence-electron chi connectivity index (χ1n) is 8.96. The zero-order valence-corrected chi connectivity index (χ0v) is 15.5. The van der Waals surface area contributed by atoms with E-state index in [9.17, 15) is 4.79 Å². The number of piperidine rings is 1. The van der Waals surface area contributed by atoms with Gasteiger partial charge in [0.05, 0.1) is 0 Å². The second-order valence-corrected chi connectivity index (χ2v) is 7.42. The van der Waals surface area contributed by atoms with E-state index in [-0.39, 0.29) is 12.1 Å². The van der Waals surface area contributed by atoms with Gasteiger partial charge in [-0.25, -0.2) is 9.78 Å². The summed E-state index contributed by atoms with van der Waals surface area (Å²) in [7, 11) is 0. The topological polar surface area (TPSA) is 57.3 Å². The van der Waals surface area contributed by atoms with Gasteiger partial charge in [0, 0.05) is 31.9 Å². The number of pyridine rings is 1. The molecule has 3 heterocycles. The normalized spacial score (nSPS) is 15.6. The molecule has 0 aliphatic carbocycles. The van der Waals surface area contributed by atoms with Gasteiger partial charge in [-0.3, -0.25) is 0 Å². The monoisotopic (exact) mass is 358 g/mol. The standard InChI is InChI=1S/C19H26N4OS/c1-15(11-16-7-10-25-14-16)22-19(24)21-13-17-5-6-18(20-12-17)23-8-3-2-4-9-23/h5-7,10,12,14-15H,2-4,8-9,11,13H2,1H3,(H2,21,22,24). The summed E-state index contributed by atoms with van der Waals surface area (Å²) in [6, 6.07) is 6.17. The number of hydrogen-bond acceptors (Lipinski definition) is 4. The van der Waals surface area contributed by atoms with E-state index in [1.807, 2.05) is 19.2 Å². The zero-order valence-electron chi connectivity index (χ0n) is 14.7. The summed E-state index contributed by atoms with van der Waals surface area (Å²) in [4.78, 5) is 18.9. The molecule has 5 nitrogen and oxygen atoms in total. The molecule has 1 unspecified atom stereocenters. The number of rotatable bonds is 6. The quantitative estimate of drug-likeness (QED) is 0.830. The number of hydrogen-bond donors (Lipinski definition) is 2. The third-order valence-electron chi connectivity index (χ3n) is 4.44. The summed E-state index contributed by atoms with van der Waals surface area (Å²) < 4.78 is 0. The van der Waals surface area contributed by atoms with Gasteiger partial charge in [-0.1, -0.05) is 6.07 Å². The van der Waals surface area contributed by atoms with E-state index in [0.29, 0.717) is 6.54 Å². The average molecular weight is 359 g/mol. The van der Waals surface area contributed by atoms with Crippen LogP contribution in [-0.4, -0.2) is 30.1 Å². The van der Waals surface area contributed by atoms with E-state index in [0.717, 1.165) is 30.9 Å². The van der Waals surface area contributed by atoms with Gasteiger partial charge in [0.2, 0.25) is 0 Å². The largest absolute Gasteiger partial charge is 0.357 e. The van der Waals surface area contributed by atoms with Crippen LogP contribution in [0.3, 0.4) is 0 Å². The second kappa shape index (κ2) is 8.85. The van der Waals surface area contributed by atoms with Crippen molar-refractivity contribution in [3.8, 4) is 0 Å². The van der Waals surface area contributed by atoms with E-state index >= 15 is 0 Å². The van der Waals surface area contributed by atoms with Gasteiger partial charge in [0.1, 0.15) is 5.82 Å². The molecular formula is C19H26N4OS. The Morgan fingerprint density at radius 1 is 1.24 bits per heavy atom. The number of carbonyl (C=O) groups is 1. The Morgan fingerprint density at radius 2 is 2.08 bits per heavy atom. The molecule has 134 valence electrons. The molecule has 2 N–H and O–H groups in total. The summed E-state index contributed by atoms with van der Waals surface area (Å²) in [5.41, 5.74) is 2.27. The highest BCUT2D eigenvalue weighted by molar-refractivity contribution is 7.07. The smallest absolute Gasteiger partial charge is 0.315 e. The van der Waals surface area contributed by atoms with Gasteiger partial charge in [-0.15, -0.1) is 0 Å². The molecule has 0 aromatic carbocycles. The molecule has 1 fully saturated rings. The molecule has 2 amide bonds. The number of amides is 2. The van der Waals surface area contributed by atoms with E-state index in [1.54, 1.807) is 11.3 Å². The molecule has 1 aliphatic heterocycles. The molecule has 6 heteroatoms. The number of urea groups is 1. The SMILES string of the molecule is CC(Cc1ccsc1)NC(=O)NCc1ccc(N2CCCCC2)nc1. The van der Waals surface area contributed by atoms with E-state index in [4.69, 9.17) is 0 Å². The van der Waals surface area contributed by atoms with Crippen molar-refractivity contribution in [2.75, 3.05) is 18.0 Å². The van der Waals surface area contributed by atoms with Crippen molar-refractivity contribution in [2.45, 2.75) is 45.2 Å². The summed E-state index contributed by atoms with van der Waals surface area (Å²) >= 11 is 1.68. The van der Waals surface area contributed by atoms with Crippen LogP contribution in [0.4, 0.5) is 10.6 Å². The highest BCUT2D eigenvalue weighted by Crippen LogP contribution is 2.17. The zero-order chi connectivity index (χ0) is 17.5. The minimum Gasteiger partial charge on any atom is -0.357 e. The molecule has 3 rings (SSSR count). The number of anilines is 1. The maximum absolute atomic E-state index is 12.0. The summed E-state index contributed by atoms with van der Waals surface area (Å²) in [5, 5.41) is 10.1. The Labute approximate surface area is 153 Å². The van der Waals surface area contributed by atoms with Crippen molar-refractivity contribution in [3.63, 3.8) is 0 Å². The van der Waals surface area contributed by atoms with Crippen LogP contribution >= 0.6 is 11.3 Å². The van der Waals surface area contributed by atoms with Crippen LogP contribution in [-0.2, 0) is 13.0 Å². The van der Waals surface area contributed by atoms with Crippen molar-refractivity contribution in [1.29, 1.82) is 0 Å². The van der Waals surface area contributed by atoms with Gasteiger partial charge >= 0.3 is 6.03 Å². The second-order valence-electron chi connectivity index (χ2n) is 6.64. The van der Waals surface area contributed by atoms with Crippen molar-refractivity contribution >= 4 is 23.2 Å². The van der Waals surface area contributed by atoms with E-state index in [1.165, 1.54) is 24.8 Å². The summed E-state index contributed by atoms with van der Waals surface area (Å²) in [5.74, 6) is 1.04. The number of nitrogens with one attached hydrogen (secondary N) is 2. The lowest BCUT2D eigenvalue weighted by Crippen LogP contribution is -2.41. The third-order valence-corrected chi connectivity index (χ3v) is 5.17. The first-order chi connectivity index (χ1) is 12.2. The fourth-order valence-electron chi connectivity index (χ4n) is 3.10. The molecule has 2 aromatic rings. The molecule has 1 atom stereocenters. The van der Waals surface area contributed by atoms with Gasteiger partial charge < -0.3 is 15.5 Å². The average Bonchev–Trinajstić information content (AvgIpc) is 3.14. The van der Waals surface area contributed by atoms with E-state index < -0.39 is 0 Å². The molecule has 1 saturated heterocycles. The Balaban J connectivity index is 1.42. The van der Waals surface area contributed by atoms with E-state index in [2.05, 4.69) is 43.4 Å². The third kappa shape index (κ3) is 5.46. The van der Waals surface area contributed by atoms with Gasteiger partial charge in [-0.05, 0) is 66.6 Å². The Morgan fingerprint density at radius 3 is 2.76 bits per heavy atom. The predicted molar refractivity (Wildman–Crippen MR) is 103 cm³/mol. The molecule has 0 saturated carbocycles. The lowest BCUT2D eigenvalue weighted by molar-refractivity contribution is 0.237. The summed E-state index contributed by atoms with van der Waals surface area (Å²) in [6.45, 7) is 4.69. The molecule has 1 aliphatic rings. The van der Waals surface area contributed by atoms with Crippen molar-refractivity contribution < 1.29 is 4.79 Å². The van der Waals surface area contributed by atoms with Gasteiger partial charge in [0.15, 0.2) is 0 Å². The minimum absolute atomic E-state index is 0.106. The Bertz CT molecular complexity index is 651. The van der Waals surface area contributed by atoms with Crippen LogP contribution in [0.25, 0.3) is 0 Å². The lowest BCUT2D eigenvalue weighted by Gasteiger charge is -2.27.